The molecule has 0 rings (SSSR count). The maximum Gasteiger partial charge on any atom is 0.00136 e. The van der Waals surface area contributed by atoms with Crippen LogP contribution >= 0.6 is 0 Å². The van der Waals surface area contributed by atoms with Gasteiger partial charge in [0.1, 0.15) is 0 Å². The smallest absolute Gasteiger partial charge is 0.00136 e. The van der Waals surface area contributed by atoms with E-state index < -0.39 is 0 Å². The Morgan fingerprint density at radius 1 is 1.60 bits per heavy atom. The van der Waals surface area contributed by atoms with Crippen LogP contribution < -0.4 is 5.32 Å². The van der Waals surface area contributed by atoms with Crippen LogP contribution in [0.25, 0.3) is 0 Å². The number of rotatable bonds is 5. The summed E-state index contributed by atoms with van der Waals surface area (Å²) in [6, 6.07) is 0. The van der Waals surface area contributed by atoms with Crippen LogP contribution in [-0.4, -0.2) is 13.6 Å². The molecule has 0 aromatic rings. The normalized spacial score (nSPS) is 16.3. The molecule has 0 saturated heterocycles. The first-order valence-electron chi connectivity index (χ1n) is 4.03. The van der Waals surface area contributed by atoms with Gasteiger partial charge in [-0.1, -0.05) is 26.3 Å². The molecule has 0 bridgehead atoms. The summed E-state index contributed by atoms with van der Waals surface area (Å²) >= 11 is 0. The molecule has 2 atom stereocenters. The molecule has 1 nitrogen and oxygen atoms in total. The van der Waals surface area contributed by atoms with Crippen LogP contribution in [0.4, 0.5) is 0 Å². The minimum atomic E-state index is 0.634. The largest absolute Gasteiger partial charge is 0.319 e. The summed E-state index contributed by atoms with van der Waals surface area (Å²) in [7, 11) is 1.98. The molecule has 0 aromatic carbocycles. The first-order chi connectivity index (χ1) is 4.76. The third kappa shape index (κ3) is 3.02. The van der Waals surface area contributed by atoms with Crippen LogP contribution in [0.3, 0.4) is 0 Å². The molecule has 0 aliphatic heterocycles. The Kier molecular flexibility index (Phi) is 5.32. The first-order valence-corrected chi connectivity index (χ1v) is 4.03. The van der Waals surface area contributed by atoms with Crippen LogP contribution in [0.15, 0.2) is 12.7 Å². The van der Waals surface area contributed by atoms with Crippen molar-refractivity contribution in [3.8, 4) is 0 Å². The highest BCUT2D eigenvalue weighted by atomic mass is 14.8. The van der Waals surface area contributed by atoms with Crippen LogP contribution in [-0.2, 0) is 0 Å². The molecule has 0 aliphatic carbocycles. The maximum atomic E-state index is 3.81. The van der Waals surface area contributed by atoms with E-state index in [4.69, 9.17) is 0 Å². The fourth-order valence-corrected chi connectivity index (χ4v) is 1.06. The Morgan fingerprint density at radius 3 is 2.50 bits per heavy atom. The minimum absolute atomic E-state index is 0.634. The summed E-state index contributed by atoms with van der Waals surface area (Å²) in [4.78, 5) is 0. The number of nitrogens with one attached hydrogen (secondary N) is 1. The summed E-state index contributed by atoms with van der Waals surface area (Å²) < 4.78 is 0. The average molecular weight is 141 g/mol. The van der Waals surface area contributed by atoms with Gasteiger partial charge in [0.05, 0.1) is 0 Å². The summed E-state index contributed by atoms with van der Waals surface area (Å²) in [5.41, 5.74) is 0. The standard InChI is InChI=1S/C9H19N/c1-5-8(3)9(6-2)7-10-4/h6,8-10H,2,5,7H2,1,3-4H3. The Morgan fingerprint density at radius 2 is 2.20 bits per heavy atom. The molecule has 60 valence electrons. The van der Waals surface area contributed by atoms with Crippen molar-refractivity contribution in [1.29, 1.82) is 0 Å². The maximum absolute atomic E-state index is 3.81. The van der Waals surface area contributed by atoms with Gasteiger partial charge in [-0.25, -0.2) is 0 Å². The third-order valence-electron chi connectivity index (χ3n) is 2.12. The highest BCUT2D eigenvalue weighted by molar-refractivity contribution is 4.83. The molecule has 1 heteroatoms. The second-order valence-corrected chi connectivity index (χ2v) is 2.84. The first kappa shape index (κ1) is 9.70. The summed E-state index contributed by atoms with van der Waals surface area (Å²) in [6.07, 6.45) is 3.28. The topological polar surface area (TPSA) is 12.0 Å². The van der Waals surface area contributed by atoms with Crippen LogP contribution in [0, 0.1) is 11.8 Å². The lowest BCUT2D eigenvalue weighted by Gasteiger charge is -2.18. The Balaban J connectivity index is 3.67. The zero-order chi connectivity index (χ0) is 7.98. The zero-order valence-corrected chi connectivity index (χ0v) is 7.35. The van der Waals surface area contributed by atoms with Gasteiger partial charge >= 0.3 is 0 Å². The molecule has 2 unspecified atom stereocenters. The van der Waals surface area contributed by atoms with E-state index in [9.17, 15) is 0 Å². The lowest BCUT2D eigenvalue weighted by molar-refractivity contribution is 0.405. The van der Waals surface area contributed by atoms with Crippen molar-refractivity contribution in [2.24, 2.45) is 11.8 Å². The monoisotopic (exact) mass is 141 g/mol. The number of hydrogen-bond donors (Lipinski definition) is 1. The van der Waals surface area contributed by atoms with Gasteiger partial charge in [0.15, 0.2) is 0 Å². The van der Waals surface area contributed by atoms with Crippen molar-refractivity contribution < 1.29 is 0 Å². The molecule has 0 aromatic heterocycles. The van der Waals surface area contributed by atoms with Gasteiger partial charge in [-0.15, -0.1) is 6.58 Å². The molecule has 0 radical (unpaired) electrons. The summed E-state index contributed by atoms with van der Waals surface area (Å²) in [5, 5.41) is 3.16. The Bertz CT molecular complexity index is 88.7. The molecule has 0 fully saturated rings. The Hall–Kier alpha value is -0.300. The molecule has 0 spiro atoms. The molecule has 1 N–H and O–H groups in total. The van der Waals surface area contributed by atoms with Crippen LogP contribution in [0.2, 0.25) is 0 Å². The van der Waals surface area contributed by atoms with E-state index in [1.807, 2.05) is 13.1 Å². The van der Waals surface area contributed by atoms with Crippen molar-refractivity contribution in [3.05, 3.63) is 12.7 Å². The van der Waals surface area contributed by atoms with E-state index in [1.165, 1.54) is 6.42 Å². The van der Waals surface area contributed by atoms with Gasteiger partial charge in [0.25, 0.3) is 0 Å². The SMILES string of the molecule is C=CC(CNC)C(C)CC. The van der Waals surface area contributed by atoms with Crippen LogP contribution in [0.5, 0.6) is 0 Å². The summed E-state index contributed by atoms with van der Waals surface area (Å²) in [5.74, 6) is 1.39. The van der Waals surface area contributed by atoms with Gasteiger partial charge in [-0.3, -0.25) is 0 Å². The van der Waals surface area contributed by atoms with Gasteiger partial charge < -0.3 is 5.32 Å². The second-order valence-electron chi connectivity index (χ2n) is 2.84. The Labute approximate surface area is 64.5 Å². The fourth-order valence-electron chi connectivity index (χ4n) is 1.06. The molecule has 0 saturated carbocycles. The molecular formula is C9H19N. The van der Waals surface area contributed by atoms with E-state index in [0.29, 0.717) is 5.92 Å². The fraction of sp³-hybridized carbons (Fsp3) is 0.778. The second kappa shape index (κ2) is 5.48. The van der Waals surface area contributed by atoms with Crippen LogP contribution in [0.1, 0.15) is 20.3 Å². The van der Waals surface area contributed by atoms with Gasteiger partial charge in [0.2, 0.25) is 0 Å². The van der Waals surface area contributed by atoms with Crippen molar-refractivity contribution in [3.63, 3.8) is 0 Å². The molecule has 0 aliphatic rings. The number of hydrogen-bond acceptors (Lipinski definition) is 1. The van der Waals surface area contributed by atoms with Gasteiger partial charge in [0, 0.05) is 6.54 Å². The summed E-state index contributed by atoms with van der Waals surface area (Å²) in [6.45, 7) is 9.35. The van der Waals surface area contributed by atoms with E-state index in [2.05, 4.69) is 25.7 Å². The predicted octanol–water partition coefficient (Wildman–Crippen LogP) is 2.05. The van der Waals surface area contributed by atoms with Gasteiger partial charge in [-0.2, -0.15) is 0 Å². The lowest BCUT2D eigenvalue weighted by atomic mass is 9.92. The third-order valence-corrected chi connectivity index (χ3v) is 2.12. The van der Waals surface area contributed by atoms with E-state index >= 15 is 0 Å². The zero-order valence-electron chi connectivity index (χ0n) is 7.35. The van der Waals surface area contributed by atoms with E-state index in [-0.39, 0.29) is 0 Å². The molecule has 0 heterocycles. The van der Waals surface area contributed by atoms with Crippen molar-refractivity contribution in [2.45, 2.75) is 20.3 Å². The predicted molar refractivity (Wildman–Crippen MR) is 47.1 cm³/mol. The molecule has 0 amide bonds. The highest BCUT2D eigenvalue weighted by Gasteiger charge is 2.09. The molecule has 10 heavy (non-hydrogen) atoms. The molecular weight excluding hydrogens is 122 g/mol. The van der Waals surface area contributed by atoms with Crippen molar-refractivity contribution >= 4 is 0 Å². The average Bonchev–Trinajstić information content (AvgIpc) is 1.99. The lowest BCUT2D eigenvalue weighted by Crippen LogP contribution is -2.22. The van der Waals surface area contributed by atoms with E-state index in [0.717, 1.165) is 12.5 Å². The highest BCUT2D eigenvalue weighted by Crippen LogP contribution is 2.14. The van der Waals surface area contributed by atoms with Gasteiger partial charge in [-0.05, 0) is 18.9 Å². The van der Waals surface area contributed by atoms with Crippen molar-refractivity contribution in [1.82, 2.24) is 5.32 Å². The van der Waals surface area contributed by atoms with E-state index in [1.54, 1.807) is 0 Å². The quantitative estimate of drug-likeness (QED) is 0.578. The minimum Gasteiger partial charge on any atom is -0.319 e. The van der Waals surface area contributed by atoms with Crippen molar-refractivity contribution in [2.75, 3.05) is 13.6 Å².